The quantitative estimate of drug-likeness (QED) is 0.213. The average Bonchev–Trinajstić information content (AvgIpc) is 3.63. The summed E-state index contributed by atoms with van der Waals surface area (Å²) in [5.74, 6) is -0.273. The molecule has 11 heteroatoms. The molecule has 39 heavy (non-hydrogen) atoms. The van der Waals surface area contributed by atoms with E-state index in [4.69, 9.17) is 20.8 Å². The number of esters is 1. The molecule has 5 rings (SSSR count). The number of carbonyl (C=O) groups is 2. The maximum atomic E-state index is 13.1. The molecule has 1 amide bonds. The number of hydrogen-bond donors (Lipinski definition) is 0. The van der Waals surface area contributed by atoms with Crippen molar-refractivity contribution in [2.45, 2.75) is 32.2 Å². The number of nitro benzene ring substituents is 1. The number of nitro groups is 1. The molecule has 0 bridgehead atoms. The zero-order valence-corrected chi connectivity index (χ0v) is 22.0. The normalized spacial score (nSPS) is 17.7. The molecule has 2 aliphatic heterocycles. The van der Waals surface area contributed by atoms with Crippen LogP contribution in [0.5, 0.6) is 0 Å². The van der Waals surface area contributed by atoms with Crippen LogP contribution in [-0.2, 0) is 9.53 Å². The molecule has 1 fully saturated rings. The van der Waals surface area contributed by atoms with Crippen LogP contribution in [0.2, 0.25) is 5.02 Å². The number of furan rings is 1. The van der Waals surface area contributed by atoms with Crippen LogP contribution in [0.25, 0.3) is 0 Å². The number of piperidine rings is 1. The number of rotatable bonds is 7. The summed E-state index contributed by atoms with van der Waals surface area (Å²) in [5.41, 5.74) is 1.77. The van der Waals surface area contributed by atoms with Crippen molar-refractivity contribution in [2.75, 3.05) is 24.6 Å². The Balaban J connectivity index is 1.30. The van der Waals surface area contributed by atoms with Crippen LogP contribution in [0.1, 0.15) is 53.9 Å². The van der Waals surface area contributed by atoms with Crippen molar-refractivity contribution in [2.24, 2.45) is 11.0 Å². The Morgan fingerprint density at radius 3 is 2.56 bits per heavy atom. The fourth-order valence-corrected chi connectivity index (χ4v) is 4.98. The lowest BCUT2D eigenvalue weighted by Crippen LogP contribution is -2.33. The number of nitrogens with zero attached hydrogens (tertiary/aromatic N) is 4. The molecule has 202 valence electrons. The summed E-state index contributed by atoms with van der Waals surface area (Å²) in [5, 5.41) is 18.1. The Bertz CT molecular complexity index is 1400. The standard InChI is InChI=1S/C28H27ClN4O6/c1-18-10-12-31(13-11-18)23-9-6-20(15-24(23)33(36)37)28(35)39-17-27(34)32-25(26-3-2-14-38-26)16-22(30-32)19-4-7-21(29)8-5-19/h2-9,14-15,18,25H,10-13,16-17H2,1H3. The second-order valence-corrected chi connectivity index (χ2v) is 10.2. The van der Waals surface area contributed by atoms with Crippen LogP contribution >= 0.6 is 11.6 Å². The van der Waals surface area contributed by atoms with Gasteiger partial charge in [-0.15, -0.1) is 0 Å². The lowest BCUT2D eigenvalue weighted by molar-refractivity contribution is -0.384. The fraction of sp³-hybridized carbons (Fsp3) is 0.321. The SMILES string of the molecule is CC1CCN(c2ccc(C(=O)OCC(=O)N3N=C(c4ccc(Cl)cc4)CC3c3ccco3)cc2[N+](=O)[O-])CC1. The number of hydrazone groups is 1. The maximum Gasteiger partial charge on any atom is 0.338 e. The molecular formula is C28H27ClN4O6. The first kappa shape index (κ1) is 26.4. The molecule has 0 N–H and O–H groups in total. The summed E-state index contributed by atoms with van der Waals surface area (Å²) in [6, 6.07) is 14.3. The van der Waals surface area contributed by atoms with Crippen LogP contribution in [0.3, 0.4) is 0 Å². The Hall–Kier alpha value is -4.18. The molecule has 0 radical (unpaired) electrons. The van der Waals surface area contributed by atoms with Crippen LogP contribution in [0, 0.1) is 16.0 Å². The van der Waals surface area contributed by atoms with Crippen molar-refractivity contribution in [1.82, 2.24) is 5.01 Å². The molecule has 3 heterocycles. The van der Waals surface area contributed by atoms with E-state index >= 15 is 0 Å². The minimum absolute atomic E-state index is 0.00186. The van der Waals surface area contributed by atoms with E-state index < -0.39 is 29.4 Å². The lowest BCUT2D eigenvalue weighted by atomic mass is 9.98. The van der Waals surface area contributed by atoms with Crippen LogP contribution < -0.4 is 4.90 Å². The Kier molecular flexibility index (Phi) is 7.65. The zero-order valence-electron chi connectivity index (χ0n) is 21.3. The van der Waals surface area contributed by atoms with E-state index in [9.17, 15) is 19.7 Å². The molecule has 3 aromatic rings. The van der Waals surface area contributed by atoms with Crippen molar-refractivity contribution in [3.63, 3.8) is 0 Å². The van der Waals surface area contributed by atoms with Crippen molar-refractivity contribution < 1.29 is 23.7 Å². The Morgan fingerprint density at radius 2 is 1.90 bits per heavy atom. The second-order valence-electron chi connectivity index (χ2n) is 9.73. The lowest BCUT2D eigenvalue weighted by Gasteiger charge is -2.31. The highest BCUT2D eigenvalue weighted by atomic mass is 35.5. The maximum absolute atomic E-state index is 13.1. The molecule has 1 aromatic heterocycles. The Labute approximate surface area is 229 Å². The summed E-state index contributed by atoms with van der Waals surface area (Å²) in [4.78, 5) is 39.2. The minimum atomic E-state index is -0.832. The van der Waals surface area contributed by atoms with Gasteiger partial charge >= 0.3 is 5.97 Å². The molecule has 0 spiro atoms. The summed E-state index contributed by atoms with van der Waals surface area (Å²) >= 11 is 6.00. The third kappa shape index (κ3) is 5.80. The number of benzene rings is 2. The summed E-state index contributed by atoms with van der Waals surface area (Å²) in [6.45, 7) is 3.00. The summed E-state index contributed by atoms with van der Waals surface area (Å²) < 4.78 is 10.8. The van der Waals surface area contributed by atoms with Gasteiger partial charge in [-0.05, 0) is 60.7 Å². The van der Waals surface area contributed by atoms with Crippen molar-refractivity contribution in [3.05, 3.63) is 92.9 Å². The average molecular weight is 551 g/mol. The first-order valence-electron chi connectivity index (χ1n) is 12.7. The first-order chi connectivity index (χ1) is 18.8. The van der Waals surface area contributed by atoms with Crippen molar-refractivity contribution >= 4 is 40.6 Å². The molecule has 0 aliphatic carbocycles. The van der Waals surface area contributed by atoms with E-state index in [2.05, 4.69) is 12.0 Å². The van der Waals surface area contributed by atoms with Crippen LogP contribution in [0.4, 0.5) is 11.4 Å². The van der Waals surface area contributed by atoms with Gasteiger partial charge in [0.1, 0.15) is 17.5 Å². The topological polar surface area (TPSA) is 118 Å². The highest BCUT2D eigenvalue weighted by molar-refractivity contribution is 6.30. The van der Waals surface area contributed by atoms with Gasteiger partial charge in [0.05, 0.1) is 22.5 Å². The summed E-state index contributed by atoms with van der Waals surface area (Å²) in [7, 11) is 0. The third-order valence-corrected chi connectivity index (χ3v) is 7.33. The zero-order chi connectivity index (χ0) is 27.5. The molecule has 2 aliphatic rings. The minimum Gasteiger partial charge on any atom is -0.467 e. The van der Waals surface area contributed by atoms with Gasteiger partial charge in [0.15, 0.2) is 6.61 Å². The van der Waals surface area contributed by atoms with Gasteiger partial charge in [-0.1, -0.05) is 30.7 Å². The molecule has 2 aromatic carbocycles. The highest BCUT2D eigenvalue weighted by Gasteiger charge is 2.35. The van der Waals surface area contributed by atoms with E-state index in [0.717, 1.165) is 18.4 Å². The van der Waals surface area contributed by atoms with E-state index in [1.165, 1.54) is 23.4 Å². The van der Waals surface area contributed by atoms with Gasteiger partial charge in [-0.25, -0.2) is 9.80 Å². The van der Waals surface area contributed by atoms with E-state index in [-0.39, 0.29) is 11.3 Å². The number of amides is 1. The molecule has 1 saturated heterocycles. The number of ether oxygens (including phenoxy) is 1. The number of hydrogen-bond acceptors (Lipinski definition) is 8. The molecule has 0 saturated carbocycles. The van der Waals surface area contributed by atoms with Crippen molar-refractivity contribution in [1.29, 1.82) is 0 Å². The molecular weight excluding hydrogens is 524 g/mol. The van der Waals surface area contributed by atoms with Gasteiger partial charge < -0.3 is 14.1 Å². The molecule has 1 atom stereocenters. The smallest absolute Gasteiger partial charge is 0.338 e. The largest absolute Gasteiger partial charge is 0.467 e. The van der Waals surface area contributed by atoms with Crippen LogP contribution in [0.15, 0.2) is 70.4 Å². The number of anilines is 1. The first-order valence-corrected chi connectivity index (χ1v) is 13.1. The molecule has 10 nitrogen and oxygen atoms in total. The van der Waals surface area contributed by atoms with Gasteiger partial charge in [0.25, 0.3) is 11.6 Å². The second kappa shape index (κ2) is 11.3. The Morgan fingerprint density at radius 1 is 1.15 bits per heavy atom. The van der Waals surface area contributed by atoms with Gasteiger partial charge in [0, 0.05) is 30.6 Å². The molecule has 1 unspecified atom stereocenters. The van der Waals surface area contributed by atoms with Crippen LogP contribution in [-0.4, -0.2) is 47.2 Å². The predicted molar refractivity (Wildman–Crippen MR) is 145 cm³/mol. The third-order valence-electron chi connectivity index (χ3n) is 7.07. The fourth-order valence-electron chi connectivity index (χ4n) is 4.85. The van der Waals surface area contributed by atoms with Crippen molar-refractivity contribution in [3.8, 4) is 0 Å². The van der Waals surface area contributed by atoms with Gasteiger partial charge in [-0.3, -0.25) is 14.9 Å². The van der Waals surface area contributed by atoms with E-state index in [0.29, 0.717) is 47.6 Å². The highest BCUT2D eigenvalue weighted by Crippen LogP contribution is 2.34. The monoisotopic (exact) mass is 550 g/mol. The van der Waals surface area contributed by atoms with Gasteiger partial charge in [-0.2, -0.15) is 5.10 Å². The van der Waals surface area contributed by atoms with Gasteiger partial charge in [0.2, 0.25) is 0 Å². The number of halogens is 1. The summed E-state index contributed by atoms with van der Waals surface area (Å²) in [6.07, 6.45) is 3.80. The predicted octanol–water partition coefficient (Wildman–Crippen LogP) is 5.61. The number of carbonyl (C=O) groups excluding carboxylic acids is 2. The van der Waals surface area contributed by atoms with E-state index in [1.807, 2.05) is 17.0 Å². The van der Waals surface area contributed by atoms with E-state index in [1.54, 1.807) is 30.3 Å².